The van der Waals surface area contributed by atoms with Crippen molar-refractivity contribution in [3.63, 3.8) is 0 Å². The molecule has 0 atom stereocenters. The zero-order valence-electron chi connectivity index (χ0n) is 35.5. The fraction of sp³-hybridized carbons (Fsp3) is 0.0508. The van der Waals surface area contributed by atoms with E-state index in [4.69, 9.17) is 9.97 Å². The molecule has 4 heteroatoms. The number of aromatic nitrogens is 4. The fourth-order valence-corrected chi connectivity index (χ4v) is 8.77. The van der Waals surface area contributed by atoms with Crippen LogP contribution in [0.5, 0.6) is 0 Å². The van der Waals surface area contributed by atoms with E-state index >= 15 is 0 Å². The molecule has 7 aromatic carbocycles. The third-order valence-electron chi connectivity index (χ3n) is 12.0. The van der Waals surface area contributed by atoms with Crippen LogP contribution >= 0.6 is 0 Å². The van der Waals surface area contributed by atoms with E-state index in [9.17, 15) is 0 Å². The molecule has 302 valence electrons. The molecule has 63 heavy (non-hydrogen) atoms. The minimum atomic E-state index is 0.707. The molecule has 10 aromatic rings. The van der Waals surface area contributed by atoms with E-state index < -0.39 is 0 Å². The number of hydrogen-bond acceptors (Lipinski definition) is 2. The van der Waals surface area contributed by atoms with Crippen LogP contribution in [0.15, 0.2) is 225 Å². The van der Waals surface area contributed by atoms with E-state index in [-0.39, 0.29) is 0 Å². The molecule has 0 saturated heterocycles. The second kappa shape index (κ2) is 16.8. The normalized spacial score (nSPS) is 11.9. The van der Waals surface area contributed by atoms with Crippen molar-refractivity contribution in [1.82, 2.24) is 19.1 Å². The van der Waals surface area contributed by atoms with Crippen LogP contribution in [0.4, 0.5) is 0 Å². The SMILES string of the molecule is C=C(/C=C\C(=C)n1c2ccccc2c2cc(-c3ccc(-c4cc(-c5ccccc5)nc(-c5ccccc5)n4)cc3)ccc21)/C(C)=C/c1c(CC)c2ccccc2n1-c1ccccc1. The number of benzene rings is 7. The predicted molar refractivity (Wildman–Crippen MR) is 267 cm³/mol. The highest BCUT2D eigenvalue weighted by Crippen LogP contribution is 2.37. The van der Waals surface area contributed by atoms with Crippen LogP contribution in [-0.2, 0) is 6.42 Å². The Labute approximate surface area is 368 Å². The Morgan fingerprint density at radius 1 is 0.508 bits per heavy atom. The topological polar surface area (TPSA) is 35.6 Å². The smallest absolute Gasteiger partial charge is 0.160 e. The summed E-state index contributed by atoms with van der Waals surface area (Å²) >= 11 is 0. The molecule has 0 saturated carbocycles. The van der Waals surface area contributed by atoms with Crippen LogP contribution in [0.3, 0.4) is 0 Å². The first-order valence-electron chi connectivity index (χ1n) is 21.5. The van der Waals surface area contributed by atoms with Gasteiger partial charge in [0.25, 0.3) is 0 Å². The first-order chi connectivity index (χ1) is 30.9. The Hall–Kier alpha value is -8.08. The third-order valence-corrected chi connectivity index (χ3v) is 12.0. The minimum Gasteiger partial charge on any atom is -0.310 e. The van der Waals surface area contributed by atoms with Crippen molar-refractivity contribution in [1.29, 1.82) is 0 Å². The quantitative estimate of drug-likeness (QED) is 0.122. The van der Waals surface area contributed by atoms with Gasteiger partial charge < -0.3 is 9.13 Å². The van der Waals surface area contributed by atoms with Crippen LogP contribution < -0.4 is 0 Å². The van der Waals surface area contributed by atoms with Crippen molar-refractivity contribution >= 4 is 44.5 Å². The van der Waals surface area contributed by atoms with Gasteiger partial charge in [0.05, 0.1) is 33.6 Å². The van der Waals surface area contributed by atoms with Crippen molar-refractivity contribution in [2.24, 2.45) is 0 Å². The van der Waals surface area contributed by atoms with Crippen molar-refractivity contribution in [2.45, 2.75) is 20.3 Å². The fourth-order valence-electron chi connectivity index (χ4n) is 8.77. The van der Waals surface area contributed by atoms with Crippen LogP contribution in [-0.4, -0.2) is 19.1 Å². The van der Waals surface area contributed by atoms with Crippen LogP contribution in [0.2, 0.25) is 0 Å². The monoisotopic (exact) mass is 810 g/mol. The first-order valence-corrected chi connectivity index (χ1v) is 21.5. The van der Waals surface area contributed by atoms with E-state index in [2.05, 4.69) is 206 Å². The van der Waals surface area contributed by atoms with Gasteiger partial charge in [-0.05, 0) is 95.8 Å². The van der Waals surface area contributed by atoms with Gasteiger partial charge >= 0.3 is 0 Å². The average Bonchev–Trinajstić information content (AvgIpc) is 3.85. The standard InChI is InChI=1S/C59H46N4/c1-5-49-50-25-15-18-28-56(50)63(48-23-13-8-14-24-48)58(49)37-41(3)40(2)29-30-42(4)62-55-27-17-16-26-51(55)52-38-47(35-36-57(52)62)43-31-33-45(34-32-43)54-39-53(44-19-9-6-10-20-44)60-59(61-54)46-21-11-7-12-22-46/h6-39H,2,4-5H2,1,3H3/b30-29-,41-37+. The van der Waals surface area contributed by atoms with Gasteiger partial charge in [0, 0.05) is 44.2 Å². The number of rotatable bonds is 11. The molecule has 0 bridgehead atoms. The van der Waals surface area contributed by atoms with Crippen molar-refractivity contribution in [3.05, 3.63) is 236 Å². The van der Waals surface area contributed by atoms with E-state index in [0.717, 1.165) is 79.2 Å². The molecule has 3 heterocycles. The molecule has 0 unspecified atom stereocenters. The summed E-state index contributed by atoms with van der Waals surface area (Å²) in [6.45, 7) is 13.5. The van der Waals surface area contributed by atoms with Gasteiger partial charge in [-0.3, -0.25) is 0 Å². The summed E-state index contributed by atoms with van der Waals surface area (Å²) in [5.41, 5.74) is 17.1. The van der Waals surface area contributed by atoms with Gasteiger partial charge in [0.15, 0.2) is 5.82 Å². The van der Waals surface area contributed by atoms with Crippen LogP contribution in [0, 0.1) is 0 Å². The van der Waals surface area contributed by atoms with Crippen molar-refractivity contribution in [3.8, 4) is 50.7 Å². The Bertz CT molecular complexity index is 3330. The van der Waals surface area contributed by atoms with Crippen molar-refractivity contribution in [2.75, 3.05) is 0 Å². The molecular formula is C59H46N4. The van der Waals surface area contributed by atoms with Gasteiger partial charge in [-0.15, -0.1) is 0 Å². The lowest BCUT2D eigenvalue weighted by Gasteiger charge is -2.11. The maximum absolute atomic E-state index is 5.04. The second-order valence-corrected chi connectivity index (χ2v) is 15.9. The van der Waals surface area contributed by atoms with E-state index in [1.165, 1.54) is 32.9 Å². The summed E-state index contributed by atoms with van der Waals surface area (Å²) in [5, 5.41) is 3.63. The highest BCUT2D eigenvalue weighted by Gasteiger charge is 2.17. The van der Waals surface area contributed by atoms with Gasteiger partial charge in [0.1, 0.15) is 0 Å². The first kappa shape index (κ1) is 39.1. The molecule has 0 fully saturated rings. The lowest BCUT2D eigenvalue weighted by Crippen LogP contribution is -1.98. The average molecular weight is 811 g/mol. The molecular weight excluding hydrogens is 765 g/mol. The summed E-state index contributed by atoms with van der Waals surface area (Å²) in [4.78, 5) is 10.0. The molecule has 0 N–H and O–H groups in total. The summed E-state index contributed by atoms with van der Waals surface area (Å²) in [7, 11) is 0. The lowest BCUT2D eigenvalue weighted by molar-refractivity contribution is 1.06. The highest BCUT2D eigenvalue weighted by atomic mass is 15.0. The zero-order valence-corrected chi connectivity index (χ0v) is 35.5. The number of allylic oxidation sites excluding steroid dienone is 5. The van der Waals surface area contributed by atoms with Crippen molar-refractivity contribution < 1.29 is 0 Å². The van der Waals surface area contributed by atoms with Gasteiger partial charge in [-0.1, -0.05) is 172 Å². The Morgan fingerprint density at radius 2 is 1.05 bits per heavy atom. The minimum absolute atomic E-state index is 0.707. The zero-order chi connectivity index (χ0) is 42.9. The number of hydrogen-bond donors (Lipinski definition) is 0. The predicted octanol–water partition coefficient (Wildman–Crippen LogP) is 15.4. The second-order valence-electron chi connectivity index (χ2n) is 15.9. The Balaban J connectivity index is 0.954. The number of nitrogens with zero attached hydrogens (tertiary/aromatic N) is 4. The van der Waals surface area contributed by atoms with Crippen LogP contribution in [0.25, 0.3) is 95.2 Å². The molecule has 3 aromatic heterocycles. The molecule has 0 aliphatic rings. The van der Waals surface area contributed by atoms with Crippen LogP contribution in [0.1, 0.15) is 25.1 Å². The summed E-state index contributed by atoms with van der Waals surface area (Å²) in [6, 6.07) is 65.8. The maximum Gasteiger partial charge on any atom is 0.160 e. The Morgan fingerprint density at radius 3 is 1.73 bits per heavy atom. The van der Waals surface area contributed by atoms with Gasteiger partial charge in [-0.25, -0.2) is 9.97 Å². The molecule has 0 aliphatic carbocycles. The highest BCUT2D eigenvalue weighted by molar-refractivity contribution is 6.11. The number of aryl methyl sites for hydroxylation is 1. The number of para-hydroxylation sites is 3. The molecule has 4 nitrogen and oxygen atoms in total. The number of fused-ring (bicyclic) bond motifs is 4. The molecule has 0 spiro atoms. The molecule has 10 rings (SSSR count). The third kappa shape index (κ3) is 7.42. The van der Waals surface area contributed by atoms with Gasteiger partial charge in [-0.2, -0.15) is 0 Å². The molecule has 0 radical (unpaired) electrons. The van der Waals surface area contributed by atoms with E-state index in [1.807, 2.05) is 36.4 Å². The summed E-state index contributed by atoms with van der Waals surface area (Å²) < 4.78 is 4.63. The van der Waals surface area contributed by atoms with Gasteiger partial charge in [0.2, 0.25) is 0 Å². The summed E-state index contributed by atoms with van der Waals surface area (Å²) in [6.07, 6.45) is 7.39. The van der Waals surface area contributed by atoms with E-state index in [1.54, 1.807) is 0 Å². The molecule has 0 amide bonds. The molecule has 0 aliphatic heterocycles. The summed E-state index contributed by atoms with van der Waals surface area (Å²) in [5.74, 6) is 0.707. The largest absolute Gasteiger partial charge is 0.310 e. The van der Waals surface area contributed by atoms with E-state index in [0.29, 0.717) is 5.82 Å². The lowest BCUT2D eigenvalue weighted by atomic mass is 10.00. The Kier molecular flexibility index (Phi) is 10.4. The maximum atomic E-state index is 5.04.